The zero-order valence-electron chi connectivity index (χ0n) is 16.6. The van der Waals surface area contributed by atoms with Crippen LogP contribution in [0.25, 0.3) is 0 Å². The Bertz CT molecular complexity index is 694. The highest BCUT2D eigenvalue weighted by atomic mass is 19.4. The number of carboxylic acid groups (broad SMARTS) is 2. The smallest absolute Gasteiger partial charge is 0.416 e. The number of alkyl halides is 3. The van der Waals surface area contributed by atoms with Crippen molar-refractivity contribution in [2.75, 3.05) is 39.0 Å². The maximum absolute atomic E-state index is 12.6. The zero-order chi connectivity index (χ0) is 22.8. The van der Waals surface area contributed by atoms with Gasteiger partial charge in [-0.1, -0.05) is 19.9 Å². The van der Waals surface area contributed by atoms with Crippen molar-refractivity contribution in [1.82, 2.24) is 10.2 Å². The molecule has 1 amide bonds. The molecule has 8 nitrogen and oxygen atoms in total. The first-order chi connectivity index (χ1) is 13.1. The van der Waals surface area contributed by atoms with Gasteiger partial charge in [0.25, 0.3) is 0 Å². The number of benzene rings is 1. The van der Waals surface area contributed by atoms with Crippen molar-refractivity contribution in [3.05, 3.63) is 29.8 Å². The Balaban J connectivity index is 0.00000113. The van der Waals surface area contributed by atoms with Gasteiger partial charge in [0.05, 0.1) is 12.1 Å². The topological polar surface area (TPSA) is 119 Å². The third-order valence-electron chi connectivity index (χ3n) is 3.29. The highest BCUT2D eigenvalue weighted by molar-refractivity contribution is 6.27. The van der Waals surface area contributed by atoms with Crippen LogP contribution in [0.3, 0.4) is 0 Å². The largest absolute Gasteiger partial charge is 0.473 e. The molecule has 11 heteroatoms. The van der Waals surface area contributed by atoms with Gasteiger partial charge < -0.3 is 25.7 Å². The Labute approximate surface area is 166 Å². The summed E-state index contributed by atoms with van der Waals surface area (Å²) >= 11 is 0. The lowest BCUT2D eigenvalue weighted by atomic mass is 9.93. The lowest BCUT2D eigenvalue weighted by molar-refractivity contribution is -0.159. The molecule has 0 radical (unpaired) electrons. The van der Waals surface area contributed by atoms with Gasteiger partial charge in [0.1, 0.15) is 0 Å². The minimum atomic E-state index is -4.42. The van der Waals surface area contributed by atoms with E-state index in [-0.39, 0.29) is 23.6 Å². The standard InChI is InChI=1S/C16H24F3N3O.C2H2O4/c1-15(2,11-22(3)4)10-20-9-14(23)21-13-7-5-6-12(8-13)16(17,18)19;3-1(4)2(5)6/h5-8,20H,9-11H2,1-4H3,(H,21,23);(H,3,4)(H,5,6). The van der Waals surface area contributed by atoms with Gasteiger partial charge in [-0.3, -0.25) is 4.79 Å². The average molecular weight is 421 g/mol. The first-order valence-electron chi connectivity index (χ1n) is 8.43. The normalized spacial score (nSPS) is 11.4. The fourth-order valence-corrected chi connectivity index (χ4v) is 2.40. The van der Waals surface area contributed by atoms with Crippen LogP contribution in [0.2, 0.25) is 0 Å². The number of hydrogen-bond donors (Lipinski definition) is 4. The molecule has 0 fully saturated rings. The molecule has 0 saturated heterocycles. The second-order valence-corrected chi connectivity index (χ2v) is 7.24. The molecule has 0 aliphatic carbocycles. The van der Waals surface area contributed by atoms with Crippen LogP contribution in [0, 0.1) is 5.41 Å². The van der Waals surface area contributed by atoms with Crippen molar-refractivity contribution in [3.63, 3.8) is 0 Å². The summed E-state index contributed by atoms with van der Waals surface area (Å²) in [5, 5.41) is 20.3. The van der Waals surface area contributed by atoms with Crippen LogP contribution >= 0.6 is 0 Å². The quantitative estimate of drug-likeness (QED) is 0.497. The van der Waals surface area contributed by atoms with E-state index in [1.54, 1.807) is 0 Å². The van der Waals surface area contributed by atoms with E-state index < -0.39 is 23.7 Å². The molecule has 1 rings (SSSR count). The summed E-state index contributed by atoms with van der Waals surface area (Å²) in [6.45, 7) is 5.68. The van der Waals surface area contributed by atoms with Gasteiger partial charge in [0.15, 0.2) is 0 Å². The molecule has 0 aromatic heterocycles. The first kappa shape index (κ1) is 26.3. The molecule has 0 unspecified atom stereocenters. The van der Waals surface area contributed by atoms with Gasteiger partial charge in [0, 0.05) is 18.8 Å². The molecule has 164 valence electrons. The highest BCUT2D eigenvalue weighted by Crippen LogP contribution is 2.30. The van der Waals surface area contributed by atoms with Crippen LogP contribution in [0.4, 0.5) is 18.9 Å². The molecule has 0 bridgehead atoms. The number of anilines is 1. The summed E-state index contributed by atoms with van der Waals surface area (Å²) in [5.74, 6) is -4.02. The van der Waals surface area contributed by atoms with Crippen molar-refractivity contribution in [1.29, 1.82) is 0 Å². The Hall–Kier alpha value is -2.66. The predicted octanol–water partition coefficient (Wildman–Crippen LogP) is 1.98. The van der Waals surface area contributed by atoms with Crippen LogP contribution < -0.4 is 10.6 Å². The van der Waals surface area contributed by atoms with Gasteiger partial charge in [-0.05, 0) is 37.7 Å². The number of amides is 1. The second-order valence-electron chi connectivity index (χ2n) is 7.24. The Kier molecular flexibility index (Phi) is 10.3. The van der Waals surface area contributed by atoms with Gasteiger partial charge in [-0.15, -0.1) is 0 Å². The lowest BCUT2D eigenvalue weighted by Crippen LogP contribution is -2.40. The van der Waals surface area contributed by atoms with Crippen molar-refractivity contribution in [2.45, 2.75) is 20.0 Å². The molecular formula is C18H26F3N3O5. The van der Waals surface area contributed by atoms with E-state index in [1.165, 1.54) is 12.1 Å². The molecule has 0 spiro atoms. The van der Waals surface area contributed by atoms with Crippen LogP contribution in [-0.2, 0) is 20.6 Å². The second kappa shape index (κ2) is 11.4. The molecule has 0 aliphatic heterocycles. The minimum Gasteiger partial charge on any atom is -0.473 e. The fourth-order valence-electron chi connectivity index (χ4n) is 2.40. The number of nitrogens with zero attached hydrogens (tertiary/aromatic N) is 1. The molecule has 1 aromatic carbocycles. The summed E-state index contributed by atoms with van der Waals surface area (Å²) in [6.07, 6.45) is -4.42. The number of carbonyl (C=O) groups excluding carboxylic acids is 1. The van der Waals surface area contributed by atoms with Crippen molar-refractivity contribution in [3.8, 4) is 0 Å². The number of carboxylic acids is 2. The molecule has 29 heavy (non-hydrogen) atoms. The van der Waals surface area contributed by atoms with E-state index in [0.29, 0.717) is 6.54 Å². The maximum Gasteiger partial charge on any atom is 0.416 e. The summed E-state index contributed by atoms with van der Waals surface area (Å²) in [6, 6.07) is 4.60. The Morgan fingerprint density at radius 1 is 1.07 bits per heavy atom. The zero-order valence-corrected chi connectivity index (χ0v) is 16.6. The van der Waals surface area contributed by atoms with Crippen LogP contribution in [-0.4, -0.2) is 66.7 Å². The maximum atomic E-state index is 12.6. The summed E-state index contributed by atoms with van der Waals surface area (Å²) in [5.41, 5.74) is -0.658. The van der Waals surface area contributed by atoms with Crippen molar-refractivity contribution >= 4 is 23.5 Å². The number of hydrogen-bond acceptors (Lipinski definition) is 5. The number of carbonyl (C=O) groups is 3. The SMILES string of the molecule is CN(C)CC(C)(C)CNCC(=O)Nc1cccc(C(F)(F)F)c1.O=C(O)C(=O)O. The number of halogens is 3. The molecule has 1 aromatic rings. The van der Waals surface area contributed by atoms with Crippen LogP contribution in [0.5, 0.6) is 0 Å². The van der Waals surface area contributed by atoms with Crippen molar-refractivity contribution < 1.29 is 37.8 Å². The van der Waals surface area contributed by atoms with E-state index in [1.807, 2.05) is 14.1 Å². The fraction of sp³-hybridized carbons (Fsp3) is 0.500. The Morgan fingerprint density at radius 3 is 2.07 bits per heavy atom. The molecule has 0 aliphatic rings. The average Bonchev–Trinajstić information content (AvgIpc) is 2.53. The monoisotopic (exact) mass is 421 g/mol. The van der Waals surface area contributed by atoms with Gasteiger partial charge in [0.2, 0.25) is 5.91 Å². The van der Waals surface area contributed by atoms with E-state index in [4.69, 9.17) is 19.8 Å². The summed E-state index contributed by atoms with van der Waals surface area (Å²) in [4.78, 5) is 32.1. The van der Waals surface area contributed by atoms with Gasteiger partial charge >= 0.3 is 18.1 Å². The number of nitrogens with one attached hydrogen (secondary N) is 2. The van der Waals surface area contributed by atoms with E-state index in [9.17, 15) is 18.0 Å². The first-order valence-corrected chi connectivity index (χ1v) is 8.43. The van der Waals surface area contributed by atoms with E-state index >= 15 is 0 Å². The lowest BCUT2D eigenvalue weighted by Gasteiger charge is -2.28. The van der Waals surface area contributed by atoms with E-state index in [0.717, 1.165) is 18.7 Å². The molecule has 4 N–H and O–H groups in total. The van der Waals surface area contributed by atoms with Crippen molar-refractivity contribution in [2.24, 2.45) is 5.41 Å². The predicted molar refractivity (Wildman–Crippen MR) is 101 cm³/mol. The number of aliphatic carboxylic acids is 2. The van der Waals surface area contributed by atoms with Crippen LogP contribution in [0.15, 0.2) is 24.3 Å². The third kappa shape index (κ3) is 12.4. The molecule has 0 saturated carbocycles. The Morgan fingerprint density at radius 2 is 1.62 bits per heavy atom. The van der Waals surface area contributed by atoms with Gasteiger partial charge in [-0.2, -0.15) is 13.2 Å². The molecular weight excluding hydrogens is 395 g/mol. The summed E-state index contributed by atoms with van der Waals surface area (Å²) in [7, 11) is 3.95. The highest BCUT2D eigenvalue weighted by Gasteiger charge is 2.30. The summed E-state index contributed by atoms with van der Waals surface area (Å²) < 4.78 is 37.8. The molecule has 0 atom stereocenters. The molecule has 0 heterocycles. The van der Waals surface area contributed by atoms with Gasteiger partial charge in [-0.25, -0.2) is 9.59 Å². The minimum absolute atomic E-state index is 0.0139. The number of rotatable bonds is 7. The van der Waals surface area contributed by atoms with E-state index in [2.05, 4.69) is 29.4 Å². The third-order valence-corrected chi connectivity index (χ3v) is 3.29. The van der Waals surface area contributed by atoms with Crippen LogP contribution in [0.1, 0.15) is 19.4 Å².